The molecular formula is C34H29BN2O2. The lowest BCUT2D eigenvalue weighted by molar-refractivity contribution is 0.00578. The molecule has 2 aromatic heterocycles. The largest absolute Gasteiger partial charge is 0.494 e. The number of para-hydroxylation sites is 1. The third kappa shape index (κ3) is 3.92. The Balaban J connectivity index is 1.45. The van der Waals surface area contributed by atoms with E-state index in [4.69, 9.17) is 19.3 Å². The zero-order valence-electron chi connectivity index (χ0n) is 22.6. The van der Waals surface area contributed by atoms with Gasteiger partial charge in [-0.2, -0.15) is 0 Å². The summed E-state index contributed by atoms with van der Waals surface area (Å²) >= 11 is 0. The molecule has 7 rings (SSSR count). The van der Waals surface area contributed by atoms with Gasteiger partial charge in [0.05, 0.1) is 33.6 Å². The van der Waals surface area contributed by atoms with E-state index in [9.17, 15) is 0 Å². The second-order valence-corrected chi connectivity index (χ2v) is 11.3. The van der Waals surface area contributed by atoms with E-state index < -0.39 is 18.3 Å². The predicted molar refractivity (Wildman–Crippen MR) is 161 cm³/mol. The maximum Gasteiger partial charge on any atom is 0.494 e. The van der Waals surface area contributed by atoms with Crippen LogP contribution in [0.5, 0.6) is 0 Å². The molecule has 0 unspecified atom stereocenters. The van der Waals surface area contributed by atoms with Crippen molar-refractivity contribution in [3.8, 4) is 22.5 Å². The summed E-state index contributed by atoms with van der Waals surface area (Å²) in [6.45, 7) is 8.33. The van der Waals surface area contributed by atoms with Crippen LogP contribution in [0.3, 0.4) is 0 Å². The molecule has 190 valence electrons. The van der Waals surface area contributed by atoms with Crippen molar-refractivity contribution in [3.63, 3.8) is 0 Å². The summed E-state index contributed by atoms with van der Waals surface area (Å²) in [5, 5.41) is 4.48. The van der Waals surface area contributed by atoms with Gasteiger partial charge in [-0.15, -0.1) is 0 Å². The quantitative estimate of drug-likeness (QED) is 0.183. The van der Waals surface area contributed by atoms with Gasteiger partial charge in [0.15, 0.2) is 0 Å². The van der Waals surface area contributed by atoms with Crippen molar-refractivity contribution in [2.45, 2.75) is 38.9 Å². The lowest BCUT2D eigenvalue weighted by Gasteiger charge is -2.32. The van der Waals surface area contributed by atoms with Gasteiger partial charge in [-0.05, 0) is 62.8 Å². The highest BCUT2D eigenvalue weighted by atomic mass is 16.7. The van der Waals surface area contributed by atoms with Crippen LogP contribution < -0.4 is 5.46 Å². The number of hydrogen-bond donors (Lipinski definition) is 0. The summed E-state index contributed by atoms with van der Waals surface area (Å²) in [6, 6.07) is 35.7. The van der Waals surface area contributed by atoms with Gasteiger partial charge in [-0.25, -0.2) is 9.97 Å². The molecule has 0 saturated carbocycles. The first-order chi connectivity index (χ1) is 18.8. The Morgan fingerprint density at radius 2 is 1.23 bits per heavy atom. The lowest BCUT2D eigenvalue weighted by Crippen LogP contribution is -2.41. The van der Waals surface area contributed by atoms with Crippen LogP contribution in [0.15, 0.2) is 103 Å². The Hall–Kier alpha value is -4.06. The molecule has 0 amide bonds. The van der Waals surface area contributed by atoms with Crippen molar-refractivity contribution in [2.24, 2.45) is 0 Å². The Bertz CT molecular complexity index is 1870. The van der Waals surface area contributed by atoms with Crippen molar-refractivity contribution in [1.82, 2.24) is 9.97 Å². The molecule has 0 bridgehead atoms. The zero-order chi connectivity index (χ0) is 26.8. The molecule has 1 saturated heterocycles. The molecule has 1 aliphatic rings. The van der Waals surface area contributed by atoms with E-state index in [2.05, 4.69) is 107 Å². The van der Waals surface area contributed by atoms with Gasteiger partial charge in [0.25, 0.3) is 0 Å². The average molecular weight is 508 g/mol. The number of fused-ring (bicyclic) bond motifs is 5. The minimum atomic E-state index is -0.437. The van der Waals surface area contributed by atoms with E-state index in [1.165, 1.54) is 5.39 Å². The molecule has 39 heavy (non-hydrogen) atoms. The van der Waals surface area contributed by atoms with Crippen molar-refractivity contribution in [1.29, 1.82) is 0 Å². The zero-order valence-corrected chi connectivity index (χ0v) is 22.6. The van der Waals surface area contributed by atoms with Crippen LogP contribution in [0.25, 0.3) is 55.1 Å². The number of hydrogen-bond acceptors (Lipinski definition) is 4. The van der Waals surface area contributed by atoms with Crippen LogP contribution in [0.1, 0.15) is 27.7 Å². The van der Waals surface area contributed by atoms with Crippen LogP contribution in [-0.2, 0) is 9.31 Å². The number of rotatable bonds is 3. The van der Waals surface area contributed by atoms with Gasteiger partial charge in [-0.1, -0.05) is 78.9 Å². The van der Waals surface area contributed by atoms with Gasteiger partial charge in [0.2, 0.25) is 0 Å². The van der Waals surface area contributed by atoms with Crippen molar-refractivity contribution in [2.75, 3.05) is 0 Å². The predicted octanol–water partition coefficient (Wildman–Crippen LogP) is 7.57. The average Bonchev–Trinajstić information content (AvgIpc) is 3.18. The molecule has 1 aliphatic heterocycles. The van der Waals surface area contributed by atoms with Crippen LogP contribution in [0.4, 0.5) is 0 Å². The molecule has 4 aromatic carbocycles. The summed E-state index contributed by atoms with van der Waals surface area (Å²) in [7, 11) is -0.437. The molecule has 0 spiro atoms. The van der Waals surface area contributed by atoms with Crippen LogP contribution in [0, 0.1) is 0 Å². The van der Waals surface area contributed by atoms with Gasteiger partial charge in [-0.3, -0.25) is 0 Å². The van der Waals surface area contributed by atoms with E-state index in [1.54, 1.807) is 0 Å². The molecule has 1 fully saturated rings. The Kier molecular flexibility index (Phi) is 5.38. The molecule has 3 heterocycles. The molecule has 0 atom stereocenters. The Morgan fingerprint density at radius 3 is 2.03 bits per heavy atom. The Morgan fingerprint density at radius 1 is 0.564 bits per heavy atom. The normalized spacial score (nSPS) is 16.4. The van der Waals surface area contributed by atoms with E-state index in [0.717, 1.165) is 55.2 Å². The highest BCUT2D eigenvalue weighted by molar-refractivity contribution is 6.62. The summed E-state index contributed by atoms with van der Waals surface area (Å²) in [4.78, 5) is 10.3. The number of nitrogens with zero attached hydrogens (tertiary/aromatic N) is 2. The minimum absolute atomic E-state index is 0.403. The molecule has 5 heteroatoms. The summed E-state index contributed by atoms with van der Waals surface area (Å²) in [6.07, 6.45) is 0. The standard InChI is InChI=1S/C34H29BN2O2/c1-33(2)34(3,4)39-35(38-33)24-14-10-13-23(21-24)32-31-26(25-15-8-9-16-29(25)37-32)17-20-30-27(31)18-19-28(36-30)22-11-6-5-7-12-22/h5-21H,1-4H3. The number of pyridine rings is 2. The minimum Gasteiger partial charge on any atom is -0.399 e. The maximum atomic E-state index is 6.37. The van der Waals surface area contributed by atoms with E-state index in [0.29, 0.717) is 0 Å². The fourth-order valence-corrected chi connectivity index (χ4v) is 5.45. The number of aromatic nitrogens is 2. The van der Waals surface area contributed by atoms with Crippen molar-refractivity contribution in [3.05, 3.63) is 103 Å². The SMILES string of the molecule is CC1(C)OB(c2cccc(-c3nc4ccccc4c4ccc5nc(-c6ccccc6)ccc5c34)c2)OC1(C)C. The monoisotopic (exact) mass is 508 g/mol. The van der Waals surface area contributed by atoms with Crippen LogP contribution >= 0.6 is 0 Å². The summed E-state index contributed by atoms with van der Waals surface area (Å²) in [5.74, 6) is 0. The fourth-order valence-electron chi connectivity index (χ4n) is 5.45. The highest BCUT2D eigenvalue weighted by Crippen LogP contribution is 2.39. The van der Waals surface area contributed by atoms with Crippen LogP contribution in [-0.4, -0.2) is 28.3 Å². The lowest BCUT2D eigenvalue weighted by atomic mass is 9.78. The van der Waals surface area contributed by atoms with Gasteiger partial charge >= 0.3 is 7.12 Å². The maximum absolute atomic E-state index is 6.37. The topological polar surface area (TPSA) is 44.2 Å². The highest BCUT2D eigenvalue weighted by Gasteiger charge is 2.51. The van der Waals surface area contributed by atoms with Gasteiger partial charge in [0, 0.05) is 27.3 Å². The molecule has 4 nitrogen and oxygen atoms in total. The van der Waals surface area contributed by atoms with E-state index >= 15 is 0 Å². The van der Waals surface area contributed by atoms with Crippen molar-refractivity contribution < 1.29 is 9.31 Å². The third-order valence-corrected chi connectivity index (χ3v) is 8.29. The third-order valence-electron chi connectivity index (χ3n) is 8.29. The van der Waals surface area contributed by atoms with Gasteiger partial charge < -0.3 is 9.31 Å². The summed E-state index contributed by atoms with van der Waals surface area (Å²) in [5.41, 5.74) is 6.11. The molecule has 0 aliphatic carbocycles. The molecule has 0 N–H and O–H groups in total. The molecule has 6 aromatic rings. The molecular weight excluding hydrogens is 479 g/mol. The number of benzene rings is 4. The first-order valence-corrected chi connectivity index (χ1v) is 13.4. The fraction of sp³-hybridized carbons (Fsp3) is 0.176. The Labute approximate surface area is 228 Å². The van der Waals surface area contributed by atoms with E-state index in [1.807, 2.05) is 24.3 Å². The molecule has 0 radical (unpaired) electrons. The van der Waals surface area contributed by atoms with Crippen LogP contribution in [0.2, 0.25) is 0 Å². The van der Waals surface area contributed by atoms with E-state index in [-0.39, 0.29) is 0 Å². The smallest absolute Gasteiger partial charge is 0.399 e. The second kappa shape index (κ2) is 8.73. The first kappa shape index (κ1) is 24.0. The van der Waals surface area contributed by atoms with Gasteiger partial charge in [0.1, 0.15) is 0 Å². The van der Waals surface area contributed by atoms with Crippen molar-refractivity contribution >= 4 is 45.2 Å². The first-order valence-electron chi connectivity index (χ1n) is 13.4. The second-order valence-electron chi connectivity index (χ2n) is 11.3. The summed E-state index contributed by atoms with van der Waals surface area (Å²) < 4.78 is 12.7.